The standard InChI is InChI=1S/C21H17FNO2S.H2/c1-4-25-21(24)19-12(3)23-20(26-19)14-9-15(13-6-7-13)18-11(2)5-8-17(22)16(18)10-14;/h5-10H,4H2,1-3H3;1H. The fourth-order valence-electron chi connectivity index (χ4n) is 3.10. The highest BCUT2D eigenvalue weighted by Crippen LogP contribution is 2.41. The highest BCUT2D eigenvalue weighted by Gasteiger charge is 2.21. The summed E-state index contributed by atoms with van der Waals surface area (Å²) >= 11 is 1.28. The Bertz CT molecular complexity index is 1090. The van der Waals surface area contributed by atoms with Crippen LogP contribution in [-0.2, 0) is 4.74 Å². The Morgan fingerprint density at radius 2 is 2.08 bits per heavy atom. The molecule has 1 aromatic heterocycles. The number of nitrogens with zero attached hydrogens (tertiary/aromatic N) is 1. The van der Waals surface area contributed by atoms with Crippen LogP contribution in [0.3, 0.4) is 0 Å². The van der Waals surface area contributed by atoms with Gasteiger partial charge in [-0.1, -0.05) is 12.1 Å². The average molecular weight is 368 g/mol. The van der Waals surface area contributed by atoms with Crippen molar-refractivity contribution in [3.05, 3.63) is 64.3 Å². The molecule has 5 heteroatoms. The van der Waals surface area contributed by atoms with E-state index in [0.29, 0.717) is 27.6 Å². The normalized spacial score (nSPS) is 13.0. The van der Waals surface area contributed by atoms with E-state index in [1.165, 1.54) is 17.4 Å². The zero-order valence-corrected chi connectivity index (χ0v) is 15.5. The van der Waals surface area contributed by atoms with Gasteiger partial charge in [0.15, 0.2) is 0 Å². The zero-order valence-electron chi connectivity index (χ0n) is 14.7. The number of hydrogen-bond donors (Lipinski definition) is 0. The molecule has 1 heterocycles. The van der Waals surface area contributed by atoms with Gasteiger partial charge in [-0.3, -0.25) is 0 Å². The quantitative estimate of drug-likeness (QED) is 0.551. The summed E-state index contributed by atoms with van der Waals surface area (Å²) in [4.78, 5) is 17.1. The van der Waals surface area contributed by atoms with E-state index in [9.17, 15) is 9.18 Å². The summed E-state index contributed by atoms with van der Waals surface area (Å²) in [6.07, 6.45) is 4.03. The molecule has 0 N–H and O–H groups in total. The summed E-state index contributed by atoms with van der Waals surface area (Å²) in [5, 5.41) is 2.19. The first-order valence-corrected chi connectivity index (χ1v) is 9.24. The summed E-state index contributed by atoms with van der Waals surface area (Å²) < 4.78 is 19.6. The number of carbonyl (C=O) groups is 1. The van der Waals surface area contributed by atoms with E-state index >= 15 is 0 Å². The summed E-state index contributed by atoms with van der Waals surface area (Å²) in [5.41, 5.74) is 4.57. The third-order valence-corrected chi connectivity index (χ3v) is 5.60. The minimum Gasteiger partial charge on any atom is -0.462 e. The molecule has 0 spiro atoms. The molecule has 1 radical (unpaired) electrons. The lowest BCUT2D eigenvalue weighted by Gasteiger charge is -2.10. The number of aryl methyl sites for hydroxylation is 2. The van der Waals surface area contributed by atoms with Crippen LogP contribution in [0, 0.1) is 26.1 Å². The van der Waals surface area contributed by atoms with Crippen LogP contribution in [0.4, 0.5) is 4.39 Å². The molecule has 26 heavy (non-hydrogen) atoms. The maximum atomic E-state index is 14.5. The molecule has 0 saturated carbocycles. The van der Waals surface area contributed by atoms with Gasteiger partial charge >= 0.3 is 5.97 Å². The van der Waals surface area contributed by atoms with E-state index in [4.69, 9.17) is 4.74 Å². The minimum absolute atomic E-state index is 0. The molecular formula is C21H19FNO2S. The van der Waals surface area contributed by atoms with Crippen LogP contribution in [0.2, 0.25) is 0 Å². The molecule has 0 saturated heterocycles. The van der Waals surface area contributed by atoms with E-state index in [-0.39, 0.29) is 13.2 Å². The van der Waals surface area contributed by atoms with Crippen LogP contribution in [-0.4, -0.2) is 17.6 Å². The summed E-state index contributed by atoms with van der Waals surface area (Å²) in [6, 6.07) is 7.14. The second-order valence-corrected chi connectivity index (χ2v) is 7.25. The molecule has 0 amide bonds. The number of aromatic nitrogens is 1. The van der Waals surface area contributed by atoms with Crippen LogP contribution >= 0.6 is 11.3 Å². The molecule has 1 aliphatic carbocycles. The number of esters is 1. The molecule has 3 nitrogen and oxygen atoms in total. The molecule has 4 rings (SSSR count). The third-order valence-electron chi connectivity index (χ3n) is 4.42. The monoisotopic (exact) mass is 368 g/mol. The number of ether oxygens (including phenoxy) is 1. The third kappa shape index (κ3) is 2.82. The molecule has 0 aliphatic heterocycles. The smallest absolute Gasteiger partial charge is 0.350 e. The number of fused-ring (bicyclic) bond motifs is 1. The van der Waals surface area contributed by atoms with Crippen molar-refractivity contribution in [2.24, 2.45) is 0 Å². The fourth-order valence-corrected chi connectivity index (χ4v) is 4.05. The Morgan fingerprint density at radius 1 is 1.31 bits per heavy atom. The van der Waals surface area contributed by atoms with Crippen LogP contribution in [0.25, 0.3) is 26.9 Å². The average Bonchev–Trinajstić information content (AvgIpc) is 3.39. The predicted octanol–water partition coefficient (Wildman–Crippen LogP) is 5.74. The molecule has 0 fully saturated rings. The van der Waals surface area contributed by atoms with Gasteiger partial charge in [0.05, 0.1) is 12.3 Å². The van der Waals surface area contributed by atoms with Gasteiger partial charge in [-0.05, 0) is 61.1 Å². The number of carbonyl (C=O) groups excluding carboxylic acids is 1. The van der Waals surface area contributed by atoms with Gasteiger partial charge in [0.25, 0.3) is 0 Å². The number of halogens is 1. The molecule has 0 atom stereocenters. The molecule has 0 unspecified atom stereocenters. The van der Waals surface area contributed by atoms with Gasteiger partial charge in [0, 0.05) is 18.8 Å². The van der Waals surface area contributed by atoms with Gasteiger partial charge in [-0.2, -0.15) is 0 Å². The van der Waals surface area contributed by atoms with Crippen LogP contribution in [0.15, 0.2) is 30.3 Å². The van der Waals surface area contributed by atoms with Crippen molar-refractivity contribution in [1.82, 2.24) is 4.98 Å². The first-order chi connectivity index (χ1) is 12.5. The second-order valence-electron chi connectivity index (χ2n) is 6.25. The van der Waals surface area contributed by atoms with Crippen LogP contribution in [0.5, 0.6) is 0 Å². The largest absolute Gasteiger partial charge is 0.462 e. The summed E-state index contributed by atoms with van der Waals surface area (Å²) in [6.45, 7) is 5.87. The molecule has 0 bridgehead atoms. The number of allylic oxidation sites excluding steroid dienone is 2. The maximum Gasteiger partial charge on any atom is 0.350 e. The molecular weight excluding hydrogens is 349 g/mol. The van der Waals surface area contributed by atoms with E-state index in [2.05, 4.69) is 4.98 Å². The molecule has 1 aliphatic rings. The van der Waals surface area contributed by atoms with E-state index in [1.807, 2.05) is 31.6 Å². The van der Waals surface area contributed by atoms with Crippen LogP contribution < -0.4 is 0 Å². The van der Waals surface area contributed by atoms with Gasteiger partial charge in [0.1, 0.15) is 15.7 Å². The Morgan fingerprint density at radius 3 is 2.77 bits per heavy atom. The van der Waals surface area contributed by atoms with Gasteiger partial charge in [0.2, 0.25) is 0 Å². The number of hydrogen-bond acceptors (Lipinski definition) is 4. The van der Waals surface area contributed by atoms with Gasteiger partial charge in [-0.25, -0.2) is 14.2 Å². The van der Waals surface area contributed by atoms with Crippen LogP contribution in [0.1, 0.15) is 34.8 Å². The Labute approximate surface area is 156 Å². The highest BCUT2D eigenvalue weighted by atomic mass is 32.1. The lowest BCUT2D eigenvalue weighted by Crippen LogP contribution is -2.03. The first kappa shape index (κ1) is 16.9. The zero-order chi connectivity index (χ0) is 18.4. The Balaban J connectivity index is 0.00000210. The van der Waals surface area contributed by atoms with Crippen molar-refractivity contribution < 1.29 is 15.3 Å². The van der Waals surface area contributed by atoms with Crippen molar-refractivity contribution in [2.45, 2.75) is 20.8 Å². The number of rotatable bonds is 4. The minimum atomic E-state index is -0.366. The lowest BCUT2D eigenvalue weighted by atomic mass is 9.95. The summed E-state index contributed by atoms with van der Waals surface area (Å²) in [5.74, 6) is -0.621. The van der Waals surface area contributed by atoms with Crippen molar-refractivity contribution in [2.75, 3.05) is 6.61 Å². The van der Waals surface area contributed by atoms with E-state index in [0.717, 1.165) is 27.6 Å². The topological polar surface area (TPSA) is 39.2 Å². The van der Waals surface area contributed by atoms with Crippen molar-refractivity contribution in [1.29, 1.82) is 0 Å². The van der Waals surface area contributed by atoms with Gasteiger partial charge in [-0.15, -0.1) is 11.3 Å². The van der Waals surface area contributed by atoms with E-state index in [1.54, 1.807) is 19.9 Å². The van der Waals surface area contributed by atoms with E-state index < -0.39 is 0 Å². The highest BCUT2D eigenvalue weighted by molar-refractivity contribution is 7.17. The number of thiazole rings is 1. The van der Waals surface area contributed by atoms with Crippen molar-refractivity contribution in [3.8, 4) is 10.6 Å². The first-order valence-electron chi connectivity index (χ1n) is 8.42. The molecule has 2 aromatic carbocycles. The maximum absolute atomic E-state index is 14.5. The van der Waals surface area contributed by atoms with Crippen molar-refractivity contribution >= 4 is 33.7 Å². The second kappa shape index (κ2) is 6.32. The summed E-state index contributed by atoms with van der Waals surface area (Å²) in [7, 11) is 0. The SMILES string of the molecule is CCOC(=O)c1sc(-c2cc(C3=C[CH]3)c3c(C)ccc(F)c3c2)nc1C.[HH]. The molecule has 133 valence electrons. The predicted molar refractivity (Wildman–Crippen MR) is 105 cm³/mol. The lowest BCUT2D eigenvalue weighted by molar-refractivity contribution is 0.0531. The Hall–Kier alpha value is -2.53. The Kier molecular flexibility index (Phi) is 4.11. The van der Waals surface area contributed by atoms with Crippen molar-refractivity contribution in [3.63, 3.8) is 0 Å². The number of benzene rings is 2. The molecule has 3 aromatic rings. The van der Waals surface area contributed by atoms with Gasteiger partial charge < -0.3 is 4.74 Å². The fraction of sp³-hybridized carbons (Fsp3) is 0.190.